The summed E-state index contributed by atoms with van der Waals surface area (Å²) in [6, 6.07) is 0. The van der Waals surface area contributed by atoms with E-state index in [1.54, 1.807) is 0 Å². The van der Waals surface area contributed by atoms with Gasteiger partial charge >= 0.3 is 15.6 Å². The lowest BCUT2D eigenvalue weighted by atomic mass is 9.64. The lowest BCUT2D eigenvalue weighted by Crippen LogP contribution is -2.37. The number of allylic oxidation sites excluding steroid dienone is 2. The van der Waals surface area contributed by atoms with Gasteiger partial charge in [0.15, 0.2) is 0 Å². The summed E-state index contributed by atoms with van der Waals surface area (Å²) in [5.41, 5.74) is -5.76. The predicted octanol–water partition coefficient (Wildman–Crippen LogP) is 4.22. The minimum atomic E-state index is -5.62. The summed E-state index contributed by atoms with van der Waals surface area (Å²) in [6.07, 6.45) is 4.01. The normalized spacial score (nSPS) is 31.4. The first-order valence-electron chi connectivity index (χ1n) is 8.34. The molecular weight excluding hydrogens is 345 g/mol. The maximum absolute atomic E-state index is 12.5. The second kappa shape index (κ2) is 7.64. The lowest BCUT2D eigenvalue weighted by Gasteiger charge is -2.42. The van der Waals surface area contributed by atoms with Crippen LogP contribution in [-0.2, 0) is 14.3 Å². The quantitative estimate of drug-likeness (QED) is 0.593. The largest absolute Gasteiger partial charge is 0.534 e. The van der Waals surface area contributed by atoms with Crippen LogP contribution >= 0.6 is 0 Å². The topological polar surface area (TPSA) is 63.6 Å². The molecule has 2 rings (SSSR count). The van der Waals surface area contributed by atoms with E-state index in [1.807, 2.05) is 27.7 Å². The van der Waals surface area contributed by atoms with Crippen LogP contribution in [-0.4, -0.2) is 25.6 Å². The van der Waals surface area contributed by atoms with Crippen molar-refractivity contribution >= 4 is 10.1 Å². The smallest absolute Gasteiger partial charge is 0.396 e. The second-order valence-electron chi connectivity index (χ2n) is 6.53. The maximum atomic E-state index is 12.5. The molecule has 24 heavy (non-hydrogen) atoms. The summed E-state index contributed by atoms with van der Waals surface area (Å²) in [6.45, 7) is 7.87. The van der Waals surface area contributed by atoms with Gasteiger partial charge < -0.3 is 9.29 Å². The predicted molar refractivity (Wildman–Crippen MR) is 85.3 cm³/mol. The molecule has 0 amide bonds. The van der Waals surface area contributed by atoms with E-state index >= 15 is 0 Å². The summed E-state index contributed by atoms with van der Waals surface area (Å²) >= 11 is 0. The van der Waals surface area contributed by atoms with E-state index in [1.165, 1.54) is 6.08 Å². The fraction of sp³-hybridized carbons (Fsp3) is 0.875. The highest BCUT2D eigenvalue weighted by atomic mass is 32.2. The standard InChI is InChI=1S/C14H21F3O4S.C2H6/c1-9(8-18)10-5-6-11-12(4-3-7-13(10,11)2)21-22(19,20)14(15,16)17;1-2/h4,9-11,18H,3,5-8H2,1-2H3;1-2H3/t9-,10?,11?,13?;/m1./s1. The average Bonchev–Trinajstić information content (AvgIpc) is 2.85. The number of rotatable bonds is 4. The molecule has 0 heterocycles. The van der Waals surface area contributed by atoms with Crippen molar-refractivity contribution in [3.63, 3.8) is 0 Å². The molecule has 0 aliphatic heterocycles. The van der Waals surface area contributed by atoms with Gasteiger partial charge in [-0.05, 0) is 49.0 Å². The number of hydrogen-bond acceptors (Lipinski definition) is 4. The van der Waals surface area contributed by atoms with Gasteiger partial charge in [-0.1, -0.05) is 27.7 Å². The van der Waals surface area contributed by atoms with Crippen molar-refractivity contribution in [2.24, 2.45) is 23.2 Å². The summed E-state index contributed by atoms with van der Waals surface area (Å²) in [5.74, 6) is -0.270. The van der Waals surface area contributed by atoms with E-state index in [4.69, 9.17) is 0 Å². The van der Waals surface area contributed by atoms with E-state index in [0.717, 1.165) is 12.8 Å². The Morgan fingerprint density at radius 1 is 1.38 bits per heavy atom. The van der Waals surface area contributed by atoms with Crippen molar-refractivity contribution in [3.05, 3.63) is 11.8 Å². The molecule has 4 atom stereocenters. The molecule has 2 aliphatic carbocycles. The number of aliphatic hydroxyl groups excluding tert-OH is 1. The van der Waals surface area contributed by atoms with Crippen LogP contribution in [0.15, 0.2) is 11.8 Å². The zero-order valence-electron chi connectivity index (χ0n) is 14.6. The Hall–Kier alpha value is -0.760. The van der Waals surface area contributed by atoms with Gasteiger partial charge in [-0.3, -0.25) is 0 Å². The van der Waals surface area contributed by atoms with Crippen LogP contribution in [0.2, 0.25) is 0 Å². The van der Waals surface area contributed by atoms with Crippen LogP contribution in [0.25, 0.3) is 0 Å². The lowest BCUT2D eigenvalue weighted by molar-refractivity contribution is -0.0537. The Morgan fingerprint density at radius 2 is 1.96 bits per heavy atom. The van der Waals surface area contributed by atoms with E-state index in [2.05, 4.69) is 4.18 Å². The first kappa shape index (κ1) is 21.3. The maximum Gasteiger partial charge on any atom is 0.534 e. The fourth-order valence-corrected chi connectivity index (χ4v) is 4.62. The van der Waals surface area contributed by atoms with Crippen molar-refractivity contribution < 1.29 is 30.9 Å². The third-order valence-corrected chi connectivity index (χ3v) is 6.22. The first-order chi connectivity index (χ1) is 11.0. The molecule has 0 aromatic rings. The minimum absolute atomic E-state index is 0.00767. The van der Waals surface area contributed by atoms with E-state index in [0.29, 0.717) is 12.8 Å². The molecule has 0 aromatic carbocycles. The van der Waals surface area contributed by atoms with Crippen LogP contribution in [0.4, 0.5) is 13.2 Å². The Morgan fingerprint density at radius 3 is 2.46 bits per heavy atom. The van der Waals surface area contributed by atoms with Crippen LogP contribution in [0, 0.1) is 23.2 Å². The molecule has 1 N–H and O–H groups in total. The molecule has 1 fully saturated rings. The molecule has 1 saturated carbocycles. The summed E-state index contributed by atoms with van der Waals surface area (Å²) in [5, 5.41) is 9.37. The minimum Gasteiger partial charge on any atom is -0.396 e. The zero-order valence-corrected chi connectivity index (χ0v) is 15.4. The molecule has 142 valence electrons. The molecule has 0 aromatic heterocycles. The molecule has 0 radical (unpaired) electrons. The van der Waals surface area contributed by atoms with Crippen molar-refractivity contribution in [3.8, 4) is 0 Å². The molecule has 0 spiro atoms. The third-order valence-electron chi connectivity index (χ3n) is 5.25. The molecule has 2 aliphatic rings. The number of alkyl halides is 3. The Balaban J connectivity index is 0.00000139. The van der Waals surface area contributed by atoms with Crippen molar-refractivity contribution in [1.82, 2.24) is 0 Å². The molecule has 4 nitrogen and oxygen atoms in total. The van der Waals surface area contributed by atoms with Gasteiger partial charge in [0, 0.05) is 12.5 Å². The van der Waals surface area contributed by atoms with E-state index in [9.17, 15) is 26.7 Å². The fourth-order valence-electron chi connectivity index (χ4n) is 4.09. The number of fused-ring (bicyclic) bond motifs is 1. The van der Waals surface area contributed by atoms with Gasteiger partial charge in [0.1, 0.15) is 5.76 Å². The van der Waals surface area contributed by atoms with Gasteiger partial charge in [0.2, 0.25) is 0 Å². The number of halogens is 3. The van der Waals surface area contributed by atoms with E-state index in [-0.39, 0.29) is 35.5 Å². The average molecular weight is 372 g/mol. The highest BCUT2D eigenvalue weighted by Crippen LogP contribution is 2.58. The highest BCUT2D eigenvalue weighted by molar-refractivity contribution is 7.87. The molecule has 8 heteroatoms. The SMILES string of the molecule is CC.C[C@H](CO)C1CCC2C(OS(=O)(=O)C(F)(F)F)=CCCC21C. The third kappa shape index (κ3) is 3.90. The Kier molecular flexibility index (Phi) is 6.77. The molecule has 0 saturated heterocycles. The van der Waals surface area contributed by atoms with E-state index < -0.39 is 15.6 Å². The monoisotopic (exact) mass is 372 g/mol. The molecule has 3 unspecified atom stereocenters. The molecular formula is C16H27F3O4S. The van der Waals surface area contributed by atoms with Gasteiger partial charge in [-0.15, -0.1) is 0 Å². The first-order valence-corrected chi connectivity index (χ1v) is 9.75. The van der Waals surface area contributed by atoms with Gasteiger partial charge in [0.25, 0.3) is 0 Å². The second-order valence-corrected chi connectivity index (χ2v) is 8.07. The Bertz CT molecular complexity index is 556. The van der Waals surface area contributed by atoms with Crippen LogP contribution in [0.5, 0.6) is 0 Å². The van der Waals surface area contributed by atoms with Gasteiger partial charge in [-0.25, -0.2) is 0 Å². The van der Waals surface area contributed by atoms with Gasteiger partial charge in [0.05, 0.1) is 0 Å². The summed E-state index contributed by atoms with van der Waals surface area (Å²) in [7, 11) is -5.62. The van der Waals surface area contributed by atoms with Crippen LogP contribution in [0.3, 0.4) is 0 Å². The molecule has 0 bridgehead atoms. The van der Waals surface area contributed by atoms with Crippen molar-refractivity contribution in [2.45, 2.75) is 58.9 Å². The van der Waals surface area contributed by atoms with Crippen LogP contribution in [0.1, 0.15) is 53.4 Å². The van der Waals surface area contributed by atoms with Crippen LogP contribution < -0.4 is 0 Å². The number of aliphatic hydroxyl groups is 1. The zero-order chi connectivity index (χ0) is 18.8. The van der Waals surface area contributed by atoms with Crippen molar-refractivity contribution in [2.75, 3.05) is 6.61 Å². The highest BCUT2D eigenvalue weighted by Gasteiger charge is 2.54. The summed E-state index contributed by atoms with van der Waals surface area (Å²) < 4.78 is 64.5. The summed E-state index contributed by atoms with van der Waals surface area (Å²) in [4.78, 5) is 0. The number of hydrogen-bond donors (Lipinski definition) is 1. The van der Waals surface area contributed by atoms with Gasteiger partial charge in [-0.2, -0.15) is 21.6 Å². The van der Waals surface area contributed by atoms with Crippen molar-refractivity contribution in [1.29, 1.82) is 0 Å². The Labute approximate surface area is 142 Å².